The first-order valence-corrected chi connectivity index (χ1v) is 9.69. The van der Waals surface area contributed by atoms with Gasteiger partial charge in [0.2, 0.25) is 0 Å². The SMILES string of the molecule is Cc1n(C)c([S-])n[n+]1C.Cc1n(C)c([S-])n[n+]1C.F[B-](F)(F)F.F[B-](F)(F)F.F[B-](F)(F)F.F[B-](F)(F)F.[Au]. The number of aryl methyl sites for hydroxylation is 2. The maximum atomic E-state index is 9.75. The normalized spacial score (nSPS) is 10.8. The molecule has 1 radical (unpaired) electrons. The van der Waals surface area contributed by atoms with Crippen molar-refractivity contribution in [2.45, 2.75) is 24.2 Å². The fraction of sp³-hybridized carbons (Fsp3) is 0.600. The van der Waals surface area contributed by atoms with Gasteiger partial charge in [-0.3, -0.25) is 0 Å². The molecule has 6 nitrogen and oxygen atoms in total. The summed E-state index contributed by atoms with van der Waals surface area (Å²) in [5.74, 6) is 2.14. The van der Waals surface area contributed by atoms with Gasteiger partial charge in [0.1, 0.15) is 24.4 Å². The molecule has 0 saturated carbocycles. The Hall–Kier alpha value is -1.40. The summed E-state index contributed by atoms with van der Waals surface area (Å²) in [4.78, 5) is 0. The van der Waals surface area contributed by atoms with Gasteiger partial charge in [0.25, 0.3) is 11.6 Å². The van der Waals surface area contributed by atoms with Crippen LogP contribution in [0.2, 0.25) is 0 Å². The summed E-state index contributed by atoms with van der Waals surface area (Å²) in [7, 11) is -16.4. The number of halogens is 16. The van der Waals surface area contributed by atoms with Crippen LogP contribution in [0.3, 0.4) is 0 Å². The van der Waals surface area contributed by atoms with E-state index in [9.17, 15) is 69.1 Å². The minimum atomic E-state index is -6.00. The summed E-state index contributed by atoms with van der Waals surface area (Å²) in [5, 5.41) is 9.28. The van der Waals surface area contributed by atoms with E-state index in [1.807, 2.05) is 51.2 Å². The van der Waals surface area contributed by atoms with Crippen LogP contribution in [-0.2, 0) is 75.8 Å². The van der Waals surface area contributed by atoms with Crippen molar-refractivity contribution in [1.82, 2.24) is 19.3 Å². The average molecular weight is 831 g/mol. The van der Waals surface area contributed by atoms with E-state index in [2.05, 4.69) is 10.2 Å². The van der Waals surface area contributed by atoms with Crippen LogP contribution in [0.25, 0.3) is 0 Å². The van der Waals surface area contributed by atoms with E-state index in [1.165, 1.54) is 0 Å². The molecule has 2 heterocycles. The summed E-state index contributed by atoms with van der Waals surface area (Å²) in [6.07, 6.45) is 0. The molecule has 2 aromatic heterocycles. The Kier molecular flexibility index (Phi) is 23.9. The fourth-order valence-corrected chi connectivity index (χ4v) is 1.76. The quantitative estimate of drug-likeness (QED) is 0.174. The monoisotopic (exact) mass is 831 g/mol. The van der Waals surface area contributed by atoms with Crippen LogP contribution in [-0.4, -0.2) is 48.3 Å². The molecule has 0 aromatic carbocycles. The number of hydrogen-bond acceptors (Lipinski definition) is 4. The molecule has 0 amide bonds. The Labute approximate surface area is 238 Å². The van der Waals surface area contributed by atoms with Gasteiger partial charge < -0.3 is 94.3 Å². The van der Waals surface area contributed by atoms with Crippen molar-refractivity contribution in [3.8, 4) is 0 Å². The van der Waals surface area contributed by atoms with Crippen LogP contribution in [0.1, 0.15) is 11.6 Å². The van der Waals surface area contributed by atoms with Crippen LogP contribution < -0.4 is 9.36 Å². The molecule has 0 fully saturated rings. The molecular formula is C10H18AuB4F16N6S2-4. The number of rotatable bonds is 0. The second kappa shape index (κ2) is 19.6. The standard InChI is InChI=1S/2C5H9N3S.Au.4BF4/c2*1-4-7(2)5(9)6-8(4)3;;4*2-1(3,4)5/h2*1-3H3;;;;;/q;;;4*-1. The first-order chi connectivity index (χ1) is 16.3. The summed E-state index contributed by atoms with van der Waals surface area (Å²) < 4.78 is 163. The van der Waals surface area contributed by atoms with Crippen molar-refractivity contribution in [2.75, 3.05) is 0 Å². The van der Waals surface area contributed by atoms with Crippen LogP contribution in [0.4, 0.5) is 69.1 Å². The van der Waals surface area contributed by atoms with Gasteiger partial charge in [0.05, 0.1) is 14.1 Å². The molecule has 0 aliphatic carbocycles. The molecule has 0 saturated heterocycles. The molecule has 29 heteroatoms. The van der Waals surface area contributed by atoms with Crippen LogP contribution in [0, 0.1) is 13.8 Å². The van der Waals surface area contributed by atoms with Crippen molar-refractivity contribution in [1.29, 1.82) is 0 Å². The second-order valence-corrected chi connectivity index (χ2v) is 6.73. The average Bonchev–Trinajstić information content (AvgIpc) is 2.93. The number of hydrogen-bond donors (Lipinski definition) is 0. The Bertz CT molecular complexity index is 766. The summed E-state index contributed by atoms with van der Waals surface area (Å²) in [5.41, 5.74) is 0. The molecule has 0 atom stereocenters. The van der Waals surface area contributed by atoms with Gasteiger partial charge in [-0.25, -0.2) is 9.13 Å². The Balaban J connectivity index is -0.000000121. The molecular weight excluding hydrogens is 812 g/mol. The first kappa shape index (κ1) is 47.4. The van der Waals surface area contributed by atoms with Crippen molar-refractivity contribution < 1.29 is 101 Å². The van der Waals surface area contributed by atoms with Gasteiger partial charge in [-0.2, -0.15) is 0 Å². The molecule has 0 unspecified atom stereocenters. The predicted molar refractivity (Wildman–Crippen MR) is 110 cm³/mol. The van der Waals surface area contributed by atoms with Crippen LogP contribution in [0.15, 0.2) is 10.3 Å². The van der Waals surface area contributed by atoms with Gasteiger partial charge in [-0.05, 0) is 0 Å². The third-order valence-corrected chi connectivity index (χ3v) is 3.66. The van der Waals surface area contributed by atoms with E-state index in [-0.39, 0.29) is 22.4 Å². The van der Waals surface area contributed by atoms with Gasteiger partial charge in [0.15, 0.2) is 0 Å². The molecule has 239 valence electrons. The maximum Gasteiger partial charge on any atom is 0.673 e. The molecule has 0 N–H and O–H groups in total. The zero-order chi connectivity index (χ0) is 32.0. The Morgan fingerprint density at radius 1 is 0.513 bits per heavy atom. The van der Waals surface area contributed by atoms with E-state index in [0.29, 0.717) is 10.3 Å². The van der Waals surface area contributed by atoms with Gasteiger partial charge in [0, 0.05) is 36.2 Å². The largest absolute Gasteiger partial charge is 0.713 e. The molecule has 39 heavy (non-hydrogen) atoms. The minimum absolute atomic E-state index is 0. The Morgan fingerprint density at radius 2 is 0.641 bits per heavy atom. The van der Waals surface area contributed by atoms with Gasteiger partial charge in [-0.1, -0.05) is 10.2 Å². The predicted octanol–water partition coefficient (Wildman–Crippen LogP) is 4.12. The van der Waals surface area contributed by atoms with E-state index in [1.54, 1.807) is 9.36 Å². The Morgan fingerprint density at radius 3 is 0.667 bits per heavy atom. The topological polar surface area (TPSA) is 43.4 Å². The molecule has 2 aromatic rings. The molecule has 0 aliphatic rings. The molecule has 2 rings (SSSR count). The number of nitrogens with zero attached hydrogens (tertiary/aromatic N) is 6. The summed E-state index contributed by atoms with van der Waals surface area (Å²) in [6, 6.07) is 0. The van der Waals surface area contributed by atoms with Crippen LogP contribution in [0.5, 0.6) is 0 Å². The van der Waals surface area contributed by atoms with Crippen LogP contribution >= 0.6 is 0 Å². The van der Waals surface area contributed by atoms with Gasteiger partial charge in [-0.15, -0.1) is 9.36 Å². The van der Waals surface area contributed by atoms with E-state index in [0.717, 1.165) is 11.6 Å². The van der Waals surface area contributed by atoms with E-state index in [4.69, 9.17) is 25.3 Å². The van der Waals surface area contributed by atoms with Crippen molar-refractivity contribution in [2.24, 2.45) is 28.2 Å². The maximum absolute atomic E-state index is 9.75. The van der Waals surface area contributed by atoms with Gasteiger partial charge >= 0.3 is 29.0 Å². The molecule has 0 spiro atoms. The first-order valence-electron chi connectivity index (χ1n) is 8.88. The smallest absolute Gasteiger partial charge is 0.673 e. The van der Waals surface area contributed by atoms with Crippen molar-refractivity contribution >= 4 is 54.3 Å². The zero-order valence-corrected chi connectivity index (χ0v) is 24.0. The molecule has 0 aliphatic heterocycles. The van der Waals surface area contributed by atoms with Crippen molar-refractivity contribution in [3.05, 3.63) is 11.6 Å². The zero-order valence-electron chi connectivity index (χ0n) is 20.2. The van der Waals surface area contributed by atoms with E-state index >= 15 is 0 Å². The summed E-state index contributed by atoms with van der Waals surface area (Å²) >= 11 is 9.79. The second-order valence-electron chi connectivity index (χ2n) is 6.00. The third-order valence-electron chi connectivity index (χ3n) is 2.95. The van der Waals surface area contributed by atoms with E-state index < -0.39 is 29.0 Å². The minimum Gasteiger partial charge on any atom is -0.713 e. The summed E-state index contributed by atoms with van der Waals surface area (Å²) in [6.45, 7) is 3.95. The van der Waals surface area contributed by atoms with Crippen molar-refractivity contribution in [3.63, 3.8) is 0 Å². The number of aromatic nitrogens is 6. The fourth-order valence-electron chi connectivity index (χ4n) is 1.25. The molecule has 0 bridgehead atoms. The third kappa shape index (κ3) is 46.8.